The zero-order valence-corrected chi connectivity index (χ0v) is 12.8. The van der Waals surface area contributed by atoms with Gasteiger partial charge in [-0.15, -0.1) is 0 Å². The number of carbonyl (C=O) groups excluding carboxylic acids is 1. The lowest BCUT2D eigenvalue weighted by Crippen LogP contribution is -2.45. The van der Waals surface area contributed by atoms with Crippen molar-refractivity contribution in [1.82, 2.24) is 10.2 Å². The molecule has 0 saturated carbocycles. The van der Waals surface area contributed by atoms with Gasteiger partial charge in [0.25, 0.3) is 0 Å². The number of halogens is 1. The second kappa shape index (κ2) is 7.20. The summed E-state index contributed by atoms with van der Waals surface area (Å²) in [7, 11) is 0. The lowest BCUT2D eigenvalue weighted by molar-refractivity contribution is -0.126. The highest BCUT2D eigenvalue weighted by Gasteiger charge is 2.31. The summed E-state index contributed by atoms with van der Waals surface area (Å²) in [5, 5.41) is 3.03. The van der Waals surface area contributed by atoms with Crippen molar-refractivity contribution in [2.24, 2.45) is 0 Å². The minimum absolute atomic E-state index is 0.0774. The van der Waals surface area contributed by atoms with E-state index in [2.05, 4.69) is 10.2 Å². The van der Waals surface area contributed by atoms with E-state index >= 15 is 0 Å². The van der Waals surface area contributed by atoms with E-state index in [4.69, 9.17) is 4.74 Å². The number of carbonyl (C=O) groups is 1. The number of hydrogen-bond donors (Lipinski definition) is 1. The summed E-state index contributed by atoms with van der Waals surface area (Å²) in [5.74, 6) is -0.133. The van der Waals surface area contributed by atoms with Crippen LogP contribution in [0.25, 0.3) is 0 Å². The summed E-state index contributed by atoms with van der Waals surface area (Å²) in [6, 6.07) is 6.44. The molecule has 22 heavy (non-hydrogen) atoms. The molecule has 0 aliphatic carbocycles. The monoisotopic (exact) mass is 306 g/mol. The third kappa shape index (κ3) is 3.84. The van der Waals surface area contributed by atoms with Crippen LogP contribution in [0.3, 0.4) is 0 Å². The Hall–Kier alpha value is -1.46. The molecule has 0 unspecified atom stereocenters. The average molecular weight is 306 g/mol. The lowest BCUT2D eigenvalue weighted by Gasteiger charge is -2.24. The molecule has 5 heteroatoms. The van der Waals surface area contributed by atoms with Gasteiger partial charge in [0, 0.05) is 19.7 Å². The predicted octanol–water partition coefficient (Wildman–Crippen LogP) is 2.09. The van der Waals surface area contributed by atoms with Crippen LogP contribution in [0, 0.1) is 5.82 Å². The van der Waals surface area contributed by atoms with E-state index in [1.165, 1.54) is 12.1 Å². The Morgan fingerprint density at radius 2 is 2.09 bits per heavy atom. The summed E-state index contributed by atoms with van der Waals surface area (Å²) in [6.45, 7) is 3.02. The van der Waals surface area contributed by atoms with E-state index < -0.39 is 0 Å². The fourth-order valence-electron chi connectivity index (χ4n) is 3.27. The maximum Gasteiger partial charge on any atom is 0.237 e. The fourth-order valence-corrected chi connectivity index (χ4v) is 3.27. The van der Waals surface area contributed by atoms with Crippen LogP contribution in [0.15, 0.2) is 24.3 Å². The highest BCUT2D eigenvalue weighted by atomic mass is 19.1. The molecular formula is C17H23FN2O2. The Morgan fingerprint density at radius 1 is 1.27 bits per heavy atom. The Labute approximate surface area is 130 Å². The van der Waals surface area contributed by atoms with Crippen molar-refractivity contribution < 1.29 is 13.9 Å². The molecule has 0 aromatic heterocycles. The SMILES string of the molecule is O=C(NC[C@@H]1CCCO1)[C@@H]1CCCN1Cc1ccc(F)cc1. The Bertz CT molecular complexity index is 500. The topological polar surface area (TPSA) is 41.6 Å². The number of likely N-dealkylation sites (tertiary alicyclic amines) is 1. The van der Waals surface area contributed by atoms with Gasteiger partial charge in [-0.25, -0.2) is 4.39 Å². The van der Waals surface area contributed by atoms with Crippen molar-refractivity contribution >= 4 is 5.91 Å². The van der Waals surface area contributed by atoms with Gasteiger partial charge >= 0.3 is 0 Å². The van der Waals surface area contributed by atoms with Crippen LogP contribution in [0.4, 0.5) is 4.39 Å². The van der Waals surface area contributed by atoms with Crippen LogP contribution in [-0.4, -0.2) is 42.6 Å². The Kier molecular flexibility index (Phi) is 5.05. The van der Waals surface area contributed by atoms with Gasteiger partial charge in [0.2, 0.25) is 5.91 Å². The van der Waals surface area contributed by atoms with Gasteiger partial charge in [-0.2, -0.15) is 0 Å². The maximum absolute atomic E-state index is 13.0. The first-order chi connectivity index (χ1) is 10.7. The largest absolute Gasteiger partial charge is 0.376 e. The number of hydrogen-bond acceptors (Lipinski definition) is 3. The molecular weight excluding hydrogens is 283 g/mol. The average Bonchev–Trinajstić information content (AvgIpc) is 3.18. The minimum atomic E-state index is -0.226. The molecule has 1 aromatic carbocycles. The molecule has 1 N–H and O–H groups in total. The predicted molar refractivity (Wildman–Crippen MR) is 81.8 cm³/mol. The highest BCUT2D eigenvalue weighted by molar-refractivity contribution is 5.82. The molecule has 0 bridgehead atoms. The normalized spacial score (nSPS) is 25.5. The lowest BCUT2D eigenvalue weighted by atomic mass is 10.1. The van der Waals surface area contributed by atoms with Crippen molar-refractivity contribution in [2.75, 3.05) is 19.7 Å². The fraction of sp³-hybridized carbons (Fsp3) is 0.588. The zero-order chi connectivity index (χ0) is 15.4. The van der Waals surface area contributed by atoms with Crippen LogP contribution in [0.5, 0.6) is 0 Å². The van der Waals surface area contributed by atoms with Gasteiger partial charge in [-0.05, 0) is 49.9 Å². The van der Waals surface area contributed by atoms with Crippen molar-refractivity contribution in [3.63, 3.8) is 0 Å². The molecule has 2 heterocycles. The summed E-state index contributed by atoms with van der Waals surface area (Å²) in [6.07, 6.45) is 4.21. The van der Waals surface area contributed by atoms with E-state index in [1.807, 2.05) is 0 Å². The summed E-state index contributed by atoms with van der Waals surface area (Å²) in [5.41, 5.74) is 1.04. The van der Waals surface area contributed by atoms with E-state index in [0.29, 0.717) is 13.1 Å². The third-order valence-electron chi connectivity index (χ3n) is 4.49. The first-order valence-electron chi connectivity index (χ1n) is 8.10. The van der Waals surface area contributed by atoms with E-state index in [1.54, 1.807) is 12.1 Å². The van der Waals surface area contributed by atoms with Gasteiger partial charge in [0.1, 0.15) is 5.82 Å². The molecule has 4 nitrogen and oxygen atoms in total. The molecule has 2 fully saturated rings. The van der Waals surface area contributed by atoms with E-state index in [9.17, 15) is 9.18 Å². The molecule has 1 amide bonds. The van der Waals surface area contributed by atoms with Gasteiger partial charge in [-0.3, -0.25) is 9.69 Å². The van der Waals surface area contributed by atoms with Crippen LogP contribution >= 0.6 is 0 Å². The zero-order valence-electron chi connectivity index (χ0n) is 12.8. The third-order valence-corrected chi connectivity index (χ3v) is 4.49. The molecule has 3 rings (SSSR count). The highest BCUT2D eigenvalue weighted by Crippen LogP contribution is 2.20. The molecule has 0 spiro atoms. The quantitative estimate of drug-likeness (QED) is 0.905. The first-order valence-corrected chi connectivity index (χ1v) is 8.10. The van der Waals surface area contributed by atoms with Crippen molar-refractivity contribution in [2.45, 2.75) is 44.4 Å². The molecule has 1 aromatic rings. The van der Waals surface area contributed by atoms with Gasteiger partial charge in [0.05, 0.1) is 12.1 Å². The van der Waals surface area contributed by atoms with E-state index in [-0.39, 0.29) is 23.9 Å². The van der Waals surface area contributed by atoms with Crippen LogP contribution < -0.4 is 5.32 Å². The number of rotatable bonds is 5. The van der Waals surface area contributed by atoms with Gasteiger partial charge < -0.3 is 10.1 Å². The number of nitrogens with one attached hydrogen (secondary N) is 1. The standard InChI is InChI=1S/C17H23FN2O2/c18-14-7-5-13(6-8-14)12-20-9-1-4-16(20)17(21)19-11-15-3-2-10-22-15/h5-8,15-16H,1-4,9-12H2,(H,19,21)/t15-,16-/m0/s1. The molecule has 2 aliphatic rings. The van der Waals surface area contributed by atoms with Crippen LogP contribution in [0.2, 0.25) is 0 Å². The van der Waals surface area contributed by atoms with Crippen molar-refractivity contribution in [3.8, 4) is 0 Å². The summed E-state index contributed by atoms with van der Waals surface area (Å²) < 4.78 is 18.5. The van der Waals surface area contributed by atoms with Gasteiger partial charge in [-0.1, -0.05) is 12.1 Å². The van der Waals surface area contributed by atoms with Crippen molar-refractivity contribution in [1.29, 1.82) is 0 Å². The molecule has 0 radical (unpaired) electrons. The molecule has 120 valence electrons. The van der Waals surface area contributed by atoms with Crippen molar-refractivity contribution in [3.05, 3.63) is 35.6 Å². The minimum Gasteiger partial charge on any atom is -0.376 e. The molecule has 2 saturated heterocycles. The van der Waals surface area contributed by atoms with E-state index in [0.717, 1.165) is 44.4 Å². The van der Waals surface area contributed by atoms with Crippen LogP contribution in [0.1, 0.15) is 31.2 Å². The Balaban J connectivity index is 1.52. The summed E-state index contributed by atoms with van der Waals surface area (Å²) >= 11 is 0. The van der Waals surface area contributed by atoms with Crippen LogP contribution in [-0.2, 0) is 16.1 Å². The second-order valence-electron chi connectivity index (χ2n) is 6.14. The maximum atomic E-state index is 13.0. The molecule has 2 atom stereocenters. The van der Waals surface area contributed by atoms with Gasteiger partial charge in [0.15, 0.2) is 0 Å². The smallest absolute Gasteiger partial charge is 0.237 e. The number of amides is 1. The Morgan fingerprint density at radius 3 is 2.82 bits per heavy atom. The number of benzene rings is 1. The summed E-state index contributed by atoms with van der Waals surface area (Å²) in [4.78, 5) is 14.6. The number of ether oxygens (including phenoxy) is 1. The second-order valence-corrected chi connectivity index (χ2v) is 6.14. The molecule has 2 aliphatic heterocycles. The first kappa shape index (κ1) is 15.4. The number of nitrogens with zero attached hydrogens (tertiary/aromatic N) is 1.